The number of anilines is 6. The molecule has 58 heavy (non-hydrogen) atoms. The predicted molar refractivity (Wildman–Crippen MR) is 249 cm³/mol. The van der Waals surface area contributed by atoms with Crippen LogP contribution < -0.4 is 9.80 Å². The summed E-state index contributed by atoms with van der Waals surface area (Å²) in [7, 11) is 0. The Morgan fingerprint density at radius 1 is 0.586 bits per heavy atom. The summed E-state index contributed by atoms with van der Waals surface area (Å²) in [6, 6.07) is 56.7. The summed E-state index contributed by atoms with van der Waals surface area (Å²) in [6.45, 7) is 9.70. The second-order valence-corrected chi connectivity index (χ2v) is 18.6. The Morgan fingerprint density at radius 3 is 2.09 bits per heavy atom. The van der Waals surface area contributed by atoms with Crippen LogP contribution in [0.5, 0.6) is 0 Å². The first kappa shape index (κ1) is 35.3. The molecule has 1 aromatic heterocycles. The van der Waals surface area contributed by atoms with Gasteiger partial charge in [-0.1, -0.05) is 118 Å². The molecule has 0 N–H and O–H groups in total. The molecular weight excluding hydrogens is 721 g/mol. The van der Waals surface area contributed by atoms with E-state index in [4.69, 9.17) is 0 Å². The fourth-order valence-electron chi connectivity index (χ4n) is 11.0. The molecule has 1 saturated carbocycles. The Kier molecular flexibility index (Phi) is 8.11. The number of para-hydroxylation sites is 2. The van der Waals surface area contributed by atoms with Crippen LogP contribution in [0.3, 0.4) is 0 Å². The van der Waals surface area contributed by atoms with E-state index in [2.05, 4.69) is 195 Å². The molecule has 2 unspecified atom stereocenters. The van der Waals surface area contributed by atoms with Crippen LogP contribution in [-0.4, -0.2) is 0 Å². The van der Waals surface area contributed by atoms with Crippen molar-refractivity contribution >= 4 is 77.3 Å². The maximum atomic E-state index is 2.61. The summed E-state index contributed by atoms with van der Waals surface area (Å²) < 4.78 is 2.62. The van der Waals surface area contributed by atoms with E-state index >= 15 is 0 Å². The zero-order valence-corrected chi connectivity index (χ0v) is 34.7. The van der Waals surface area contributed by atoms with Crippen molar-refractivity contribution in [2.45, 2.75) is 65.2 Å². The molecule has 1 aliphatic heterocycles. The molecule has 3 aliphatic rings. The monoisotopic (exact) mass is 768 g/mol. The van der Waals surface area contributed by atoms with Gasteiger partial charge in [0.15, 0.2) is 0 Å². The molecule has 7 aromatic carbocycles. The molecule has 2 atom stereocenters. The van der Waals surface area contributed by atoms with E-state index in [1.807, 2.05) is 11.3 Å². The van der Waals surface area contributed by atoms with E-state index in [0.29, 0.717) is 0 Å². The van der Waals surface area contributed by atoms with Crippen molar-refractivity contribution in [3.63, 3.8) is 0 Å². The Balaban J connectivity index is 1.24. The summed E-state index contributed by atoms with van der Waals surface area (Å²) in [5.41, 5.74) is 18.4. The highest BCUT2D eigenvalue weighted by atomic mass is 32.1. The SMILES string of the molecule is Cc1cc(C)c2c(c1)N(c1cccc3sc4ccccc4c13)c1cc(N(c3ccccc3)c3ccccc3)ccc1C(c1cccc3c1CC1(C)CCCCC31C)=C2. The maximum Gasteiger partial charge on any atom is 0.0561 e. The average molecular weight is 769 g/mol. The van der Waals surface area contributed by atoms with E-state index < -0.39 is 0 Å². The first-order valence-electron chi connectivity index (χ1n) is 21.0. The minimum absolute atomic E-state index is 0.188. The minimum atomic E-state index is 0.188. The van der Waals surface area contributed by atoms with Crippen LogP contribution in [0.1, 0.15) is 78.5 Å². The molecule has 2 aliphatic carbocycles. The van der Waals surface area contributed by atoms with Crippen molar-refractivity contribution in [1.82, 2.24) is 0 Å². The van der Waals surface area contributed by atoms with E-state index in [0.717, 1.165) is 23.5 Å². The molecule has 0 spiro atoms. The molecule has 284 valence electrons. The lowest BCUT2D eigenvalue weighted by Gasteiger charge is -2.46. The summed E-state index contributed by atoms with van der Waals surface area (Å²) in [5, 5.41) is 2.61. The second-order valence-electron chi connectivity index (χ2n) is 17.5. The number of fused-ring (bicyclic) bond motifs is 8. The lowest BCUT2D eigenvalue weighted by atomic mass is 9.58. The molecular formula is C55H48N2S. The van der Waals surface area contributed by atoms with E-state index in [-0.39, 0.29) is 10.8 Å². The number of thiophene rings is 1. The van der Waals surface area contributed by atoms with Crippen molar-refractivity contribution in [1.29, 1.82) is 0 Å². The highest BCUT2D eigenvalue weighted by Gasteiger charge is 2.53. The summed E-state index contributed by atoms with van der Waals surface area (Å²) in [5.74, 6) is 0. The van der Waals surface area contributed by atoms with Crippen LogP contribution in [0.25, 0.3) is 31.8 Å². The van der Waals surface area contributed by atoms with Crippen LogP contribution in [0.4, 0.5) is 34.1 Å². The average Bonchev–Trinajstić information content (AvgIpc) is 3.69. The number of hydrogen-bond donors (Lipinski definition) is 0. The Hall–Kier alpha value is -5.90. The van der Waals surface area contributed by atoms with Gasteiger partial charge in [-0.15, -0.1) is 11.3 Å². The minimum Gasteiger partial charge on any atom is -0.310 e. The van der Waals surface area contributed by atoms with Crippen molar-refractivity contribution in [3.8, 4) is 0 Å². The quantitative estimate of drug-likeness (QED) is 0.172. The fraction of sp³-hybridized carbons (Fsp3) is 0.200. The Labute approximate surface area is 346 Å². The molecule has 8 aromatic rings. The molecule has 2 nitrogen and oxygen atoms in total. The van der Waals surface area contributed by atoms with Gasteiger partial charge in [-0.2, -0.15) is 0 Å². The molecule has 3 heteroatoms. The van der Waals surface area contributed by atoms with Crippen LogP contribution in [0, 0.1) is 19.3 Å². The zero-order chi connectivity index (χ0) is 39.2. The van der Waals surface area contributed by atoms with Crippen LogP contribution in [0.15, 0.2) is 152 Å². The Bertz CT molecular complexity index is 2900. The number of nitrogens with zero attached hydrogens (tertiary/aromatic N) is 2. The van der Waals surface area contributed by atoms with Crippen molar-refractivity contribution < 1.29 is 0 Å². The van der Waals surface area contributed by atoms with Crippen molar-refractivity contribution in [2.24, 2.45) is 5.41 Å². The second kappa shape index (κ2) is 13.3. The molecule has 0 amide bonds. The first-order valence-corrected chi connectivity index (χ1v) is 21.8. The van der Waals surface area contributed by atoms with Gasteiger partial charge in [0.25, 0.3) is 0 Å². The van der Waals surface area contributed by atoms with Gasteiger partial charge in [0.1, 0.15) is 0 Å². The number of hydrogen-bond acceptors (Lipinski definition) is 3. The first-order chi connectivity index (χ1) is 28.3. The molecule has 0 saturated heterocycles. The van der Waals surface area contributed by atoms with E-state index in [1.54, 1.807) is 11.1 Å². The van der Waals surface area contributed by atoms with Gasteiger partial charge in [0, 0.05) is 48.4 Å². The van der Waals surface area contributed by atoms with Crippen LogP contribution in [0.2, 0.25) is 0 Å². The highest BCUT2D eigenvalue weighted by Crippen LogP contribution is 2.61. The molecule has 2 heterocycles. The van der Waals surface area contributed by atoms with Gasteiger partial charge in [-0.25, -0.2) is 0 Å². The van der Waals surface area contributed by atoms with Gasteiger partial charge < -0.3 is 9.80 Å². The van der Waals surface area contributed by atoms with Gasteiger partial charge in [0.2, 0.25) is 0 Å². The largest absolute Gasteiger partial charge is 0.310 e. The maximum absolute atomic E-state index is 2.61. The molecule has 1 fully saturated rings. The van der Waals surface area contributed by atoms with Gasteiger partial charge in [0.05, 0.1) is 17.1 Å². The molecule has 11 rings (SSSR count). The summed E-state index contributed by atoms with van der Waals surface area (Å²) in [6.07, 6.45) is 8.86. The normalized spacial score (nSPS) is 19.6. The third-order valence-electron chi connectivity index (χ3n) is 14.1. The number of rotatable bonds is 5. The third-order valence-corrected chi connectivity index (χ3v) is 15.2. The lowest BCUT2D eigenvalue weighted by Crippen LogP contribution is -2.40. The van der Waals surface area contributed by atoms with Crippen LogP contribution in [-0.2, 0) is 11.8 Å². The van der Waals surface area contributed by atoms with Gasteiger partial charge >= 0.3 is 0 Å². The third kappa shape index (κ3) is 5.29. The van der Waals surface area contributed by atoms with Crippen LogP contribution >= 0.6 is 11.3 Å². The Morgan fingerprint density at radius 2 is 1.29 bits per heavy atom. The smallest absolute Gasteiger partial charge is 0.0561 e. The number of benzene rings is 7. The van der Waals surface area contributed by atoms with Gasteiger partial charge in [-0.05, 0) is 144 Å². The van der Waals surface area contributed by atoms with E-state index in [1.165, 1.54) is 96.3 Å². The molecule has 0 radical (unpaired) electrons. The zero-order valence-electron chi connectivity index (χ0n) is 33.8. The predicted octanol–water partition coefficient (Wildman–Crippen LogP) is 15.9. The summed E-state index contributed by atoms with van der Waals surface area (Å²) in [4.78, 5) is 5.02. The van der Waals surface area contributed by atoms with Crippen molar-refractivity contribution in [2.75, 3.05) is 9.80 Å². The lowest BCUT2D eigenvalue weighted by molar-refractivity contribution is 0.110. The standard InChI is InChI=1S/C55H48N2S/c1-36-31-37(2)44-34-45(41-22-15-23-47-46(41)35-54(3)29-13-14-30-55(47,54)4)42-28-27-40(56(38-17-7-5-8-18-38)39-19-9-6-10-20-39)33-50(42)57(49(44)32-36)48-24-16-26-52-53(48)43-21-11-12-25-51(43)58-52/h5-12,15-28,31-34H,13-14,29-30,35H2,1-4H3. The fourth-order valence-corrected chi connectivity index (χ4v) is 12.2. The number of aryl methyl sites for hydroxylation is 2. The van der Waals surface area contributed by atoms with Crippen molar-refractivity contribution in [3.05, 3.63) is 191 Å². The summed E-state index contributed by atoms with van der Waals surface area (Å²) >= 11 is 1.89. The van der Waals surface area contributed by atoms with E-state index in [9.17, 15) is 0 Å². The van der Waals surface area contributed by atoms with Gasteiger partial charge in [-0.3, -0.25) is 0 Å². The molecule has 0 bridgehead atoms. The topological polar surface area (TPSA) is 6.48 Å². The highest BCUT2D eigenvalue weighted by molar-refractivity contribution is 7.26.